The number of aromatic nitrogens is 1. The van der Waals surface area contributed by atoms with Crippen molar-refractivity contribution in [1.29, 1.82) is 5.26 Å². The lowest BCUT2D eigenvalue weighted by Gasteiger charge is -2.09. The summed E-state index contributed by atoms with van der Waals surface area (Å²) in [7, 11) is 1.29. The van der Waals surface area contributed by atoms with Crippen LogP contribution >= 0.6 is 11.8 Å². The van der Waals surface area contributed by atoms with Crippen molar-refractivity contribution in [2.45, 2.75) is 18.9 Å². The fourth-order valence-electron chi connectivity index (χ4n) is 2.33. The molecule has 1 aromatic heterocycles. The van der Waals surface area contributed by atoms with E-state index in [2.05, 4.69) is 15.0 Å². The molecule has 1 N–H and O–H groups in total. The highest BCUT2D eigenvalue weighted by Crippen LogP contribution is 2.23. The van der Waals surface area contributed by atoms with Crippen LogP contribution in [0.4, 0.5) is 5.69 Å². The number of anilines is 1. The van der Waals surface area contributed by atoms with Gasteiger partial charge < -0.3 is 14.8 Å². The third kappa shape index (κ3) is 5.80. The van der Waals surface area contributed by atoms with Crippen LogP contribution in [0.15, 0.2) is 35.4 Å². The Labute approximate surface area is 172 Å². The average Bonchev–Trinajstić information content (AvgIpc) is 2.72. The minimum atomic E-state index is -0.543. The number of amides is 1. The monoisotopic (exact) mass is 413 g/mol. The summed E-state index contributed by atoms with van der Waals surface area (Å²) in [5, 5.41) is 12.4. The second-order valence-corrected chi connectivity index (χ2v) is 6.68. The minimum Gasteiger partial charge on any atom is -0.465 e. The largest absolute Gasteiger partial charge is 0.465 e. The summed E-state index contributed by atoms with van der Waals surface area (Å²) in [6, 6.07) is 9.68. The van der Waals surface area contributed by atoms with Crippen molar-refractivity contribution in [2.75, 3.05) is 24.8 Å². The Hall–Kier alpha value is -3.38. The molecule has 0 fully saturated rings. The van der Waals surface area contributed by atoms with E-state index < -0.39 is 11.9 Å². The number of pyridine rings is 1. The third-order valence-electron chi connectivity index (χ3n) is 3.72. The van der Waals surface area contributed by atoms with Crippen LogP contribution in [0.2, 0.25) is 0 Å². The lowest BCUT2D eigenvalue weighted by atomic mass is 10.1. The van der Waals surface area contributed by atoms with Crippen molar-refractivity contribution < 1.29 is 23.9 Å². The standard InChI is InChI=1S/C20H19N3O5S/c1-4-28-20(26)16-9-14(10-21)18(22-12(16)2)29-11-17(24)23-15-7-5-13(6-8-15)19(25)27-3/h5-9H,4,11H2,1-3H3,(H,23,24). The number of esters is 2. The number of nitrogens with zero attached hydrogens (tertiary/aromatic N) is 2. The number of hydrogen-bond acceptors (Lipinski definition) is 8. The number of aryl methyl sites for hydroxylation is 1. The summed E-state index contributed by atoms with van der Waals surface area (Å²) < 4.78 is 9.58. The Morgan fingerprint density at radius 2 is 1.90 bits per heavy atom. The molecule has 150 valence electrons. The van der Waals surface area contributed by atoms with Crippen molar-refractivity contribution in [1.82, 2.24) is 4.98 Å². The van der Waals surface area contributed by atoms with Crippen molar-refractivity contribution in [2.24, 2.45) is 0 Å². The zero-order chi connectivity index (χ0) is 21.4. The Kier molecular flexibility index (Phi) is 7.74. The van der Waals surface area contributed by atoms with Gasteiger partial charge in [0.15, 0.2) is 0 Å². The molecular formula is C20H19N3O5S. The fraction of sp³-hybridized carbons (Fsp3) is 0.250. The molecule has 0 saturated heterocycles. The van der Waals surface area contributed by atoms with Crippen LogP contribution < -0.4 is 5.32 Å². The van der Waals surface area contributed by atoms with Crippen LogP contribution in [0, 0.1) is 18.3 Å². The number of hydrogen-bond donors (Lipinski definition) is 1. The first kappa shape index (κ1) is 21.9. The first-order chi connectivity index (χ1) is 13.9. The number of carbonyl (C=O) groups is 3. The van der Waals surface area contributed by atoms with Gasteiger partial charge in [0, 0.05) is 5.69 Å². The van der Waals surface area contributed by atoms with Gasteiger partial charge in [0.2, 0.25) is 5.91 Å². The Bertz CT molecular complexity index is 967. The van der Waals surface area contributed by atoms with Crippen LogP contribution in [-0.2, 0) is 14.3 Å². The highest BCUT2D eigenvalue weighted by atomic mass is 32.2. The van der Waals surface area contributed by atoms with Crippen LogP contribution in [-0.4, -0.2) is 42.3 Å². The predicted molar refractivity (Wildman–Crippen MR) is 107 cm³/mol. The van der Waals surface area contributed by atoms with Gasteiger partial charge in [-0.2, -0.15) is 5.26 Å². The summed E-state index contributed by atoms with van der Waals surface area (Å²) >= 11 is 1.09. The number of methoxy groups -OCH3 is 1. The maximum absolute atomic E-state index is 12.2. The Morgan fingerprint density at radius 3 is 2.48 bits per heavy atom. The van der Waals surface area contributed by atoms with Crippen LogP contribution in [0.25, 0.3) is 0 Å². The number of rotatable bonds is 7. The van der Waals surface area contributed by atoms with Crippen molar-refractivity contribution in [3.05, 3.63) is 52.7 Å². The van der Waals surface area contributed by atoms with Crippen molar-refractivity contribution in [3.8, 4) is 6.07 Å². The number of ether oxygens (including phenoxy) is 2. The molecule has 29 heavy (non-hydrogen) atoms. The van der Waals surface area contributed by atoms with E-state index in [0.29, 0.717) is 22.0 Å². The summed E-state index contributed by atoms with van der Waals surface area (Å²) in [6.45, 7) is 3.55. The van der Waals surface area contributed by atoms with E-state index in [1.54, 1.807) is 38.1 Å². The van der Waals surface area contributed by atoms with Gasteiger partial charge in [-0.3, -0.25) is 4.79 Å². The number of benzene rings is 1. The molecule has 8 nitrogen and oxygen atoms in total. The summed E-state index contributed by atoms with van der Waals surface area (Å²) in [5.74, 6) is -1.30. The molecule has 2 aromatic rings. The van der Waals surface area contributed by atoms with Gasteiger partial charge in [0.05, 0.1) is 41.9 Å². The van der Waals surface area contributed by atoms with Gasteiger partial charge in [-0.15, -0.1) is 0 Å². The molecule has 0 saturated carbocycles. The number of nitriles is 1. The Balaban J connectivity index is 2.04. The van der Waals surface area contributed by atoms with Gasteiger partial charge in [-0.25, -0.2) is 14.6 Å². The highest BCUT2D eigenvalue weighted by molar-refractivity contribution is 8.00. The van der Waals surface area contributed by atoms with Gasteiger partial charge in [-0.05, 0) is 44.2 Å². The maximum atomic E-state index is 12.2. The molecule has 0 aliphatic heterocycles. The predicted octanol–water partition coefficient (Wildman–Crippen LogP) is 2.96. The lowest BCUT2D eigenvalue weighted by Crippen LogP contribution is -2.15. The van der Waals surface area contributed by atoms with E-state index in [9.17, 15) is 19.6 Å². The van der Waals surface area contributed by atoms with Gasteiger partial charge >= 0.3 is 11.9 Å². The quantitative estimate of drug-likeness (QED) is 0.544. The molecule has 1 aromatic carbocycles. The normalized spacial score (nSPS) is 10.0. The van der Waals surface area contributed by atoms with E-state index in [1.807, 2.05) is 6.07 Å². The molecular weight excluding hydrogens is 394 g/mol. The third-order valence-corrected chi connectivity index (χ3v) is 4.71. The van der Waals surface area contributed by atoms with E-state index in [4.69, 9.17) is 4.74 Å². The van der Waals surface area contributed by atoms with Crippen LogP contribution in [0.3, 0.4) is 0 Å². The molecule has 0 aliphatic carbocycles. The van der Waals surface area contributed by atoms with E-state index >= 15 is 0 Å². The molecule has 0 aliphatic rings. The van der Waals surface area contributed by atoms with Crippen LogP contribution in [0.1, 0.15) is 38.9 Å². The first-order valence-corrected chi connectivity index (χ1v) is 9.58. The molecule has 1 heterocycles. The SMILES string of the molecule is CCOC(=O)c1cc(C#N)c(SCC(=O)Nc2ccc(C(=O)OC)cc2)nc1C. The van der Waals surface area contributed by atoms with E-state index in [0.717, 1.165) is 11.8 Å². The van der Waals surface area contributed by atoms with Gasteiger partial charge in [0.25, 0.3) is 0 Å². The van der Waals surface area contributed by atoms with Gasteiger partial charge in [0.1, 0.15) is 11.1 Å². The van der Waals surface area contributed by atoms with E-state index in [1.165, 1.54) is 13.2 Å². The number of nitrogens with one attached hydrogen (secondary N) is 1. The molecule has 2 rings (SSSR count). The molecule has 0 radical (unpaired) electrons. The van der Waals surface area contributed by atoms with Crippen LogP contribution in [0.5, 0.6) is 0 Å². The maximum Gasteiger partial charge on any atom is 0.340 e. The number of carbonyl (C=O) groups excluding carboxylic acids is 3. The second-order valence-electron chi connectivity index (χ2n) is 5.71. The molecule has 0 bridgehead atoms. The molecule has 9 heteroatoms. The summed E-state index contributed by atoms with van der Waals surface area (Å²) in [6.07, 6.45) is 0. The van der Waals surface area contributed by atoms with Gasteiger partial charge in [-0.1, -0.05) is 11.8 Å². The van der Waals surface area contributed by atoms with Crippen molar-refractivity contribution >= 4 is 35.3 Å². The van der Waals surface area contributed by atoms with E-state index in [-0.39, 0.29) is 29.4 Å². The molecule has 0 atom stereocenters. The van der Waals surface area contributed by atoms with Crippen molar-refractivity contribution in [3.63, 3.8) is 0 Å². The smallest absolute Gasteiger partial charge is 0.340 e. The Morgan fingerprint density at radius 1 is 1.21 bits per heavy atom. The topological polar surface area (TPSA) is 118 Å². The fourth-order valence-corrected chi connectivity index (χ4v) is 3.13. The second kappa shape index (κ2) is 10.2. The zero-order valence-electron chi connectivity index (χ0n) is 16.1. The highest BCUT2D eigenvalue weighted by Gasteiger charge is 2.17. The zero-order valence-corrected chi connectivity index (χ0v) is 17.0. The number of thioether (sulfide) groups is 1. The summed E-state index contributed by atoms with van der Waals surface area (Å²) in [4.78, 5) is 39.8. The lowest BCUT2D eigenvalue weighted by molar-refractivity contribution is -0.113. The molecule has 0 spiro atoms. The molecule has 1 amide bonds. The molecule has 0 unspecified atom stereocenters. The minimum absolute atomic E-state index is 0.0125. The average molecular weight is 413 g/mol. The summed E-state index contributed by atoms with van der Waals surface area (Å²) in [5.41, 5.74) is 1.73. The first-order valence-electron chi connectivity index (χ1n) is 8.59.